The van der Waals surface area contributed by atoms with Gasteiger partial charge in [-0.2, -0.15) is 0 Å². The number of likely N-dealkylation sites (N-methyl/N-ethyl adjacent to an activating group) is 1. The monoisotopic (exact) mass is 329 g/mol. The fourth-order valence-corrected chi connectivity index (χ4v) is 2.84. The van der Waals surface area contributed by atoms with Gasteiger partial charge < -0.3 is 15.0 Å². The molecule has 1 heterocycles. The van der Waals surface area contributed by atoms with Gasteiger partial charge >= 0.3 is 0 Å². The van der Waals surface area contributed by atoms with Gasteiger partial charge in [0.15, 0.2) is 0 Å². The molecule has 0 radical (unpaired) electrons. The number of para-hydroxylation sites is 2. The minimum absolute atomic E-state index is 0.0948. The summed E-state index contributed by atoms with van der Waals surface area (Å²) in [5.74, 6) is 0. The smallest absolute Gasteiger partial charge is 0.289 e. The Morgan fingerprint density at radius 1 is 1.17 bits per heavy atom. The van der Waals surface area contributed by atoms with Crippen molar-refractivity contribution in [2.75, 3.05) is 29.9 Å². The number of benzene rings is 2. The molecule has 0 fully saturated rings. The van der Waals surface area contributed by atoms with Crippen LogP contribution in [0.3, 0.4) is 0 Å². The predicted octanol–water partition coefficient (Wildman–Crippen LogP) is 4.03. The van der Waals surface area contributed by atoms with Crippen LogP contribution in [0.15, 0.2) is 59.6 Å². The van der Waals surface area contributed by atoms with Crippen LogP contribution >= 0.6 is 11.6 Å². The largest absolute Gasteiger partial charge is 0.463 e. The zero-order chi connectivity index (χ0) is 16.1. The molecule has 0 saturated carbocycles. The second-order valence-electron chi connectivity index (χ2n) is 5.38. The second-order valence-corrected chi connectivity index (χ2v) is 5.79. The summed E-state index contributed by atoms with van der Waals surface area (Å²) in [6, 6.07) is 18.5. The summed E-state index contributed by atoms with van der Waals surface area (Å²) in [5, 5.41) is 3.96. The first kappa shape index (κ1) is 15.7. The van der Waals surface area contributed by atoms with Crippen LogP contribution in [0.2, 0.25) is 5.02 Å². The summed E-state index contributed by atoms with van der Waals surface area (Å²) in [6.07, 6.45) is 0. The maximum absolute atomic E-state index is 6.30. The van der Waals surface area contributed by atoms with E-state index in [4.69, 9.17) is 16.3 Å². The van der Waals surface area contributed by atoms with Crippen molar-refractivity contribution in [2.24, 2.45) is 4.99 Å². The number of halogens is 1. The Morgan fingerprint density at radius 2 is 1.91 bits per heavy atom. The Hall–Kier alpha value is -2.20. The zero-order valence-corrected chi connectivity index (χ0v) is 13.8. The predicted molar refractivity (Wildman–Crippen MR) is 96.6 cm³/mol. The molecule has 0 spiro atoms. The van der Waals surface area contributed by atoms with Gasteiger partial charge in [0.1, 0.15) is 12.6 Å². The molecule has 1 N–H and O–H groups in total. The van der Waals surface area contributed by atoms with Crippen molar-refractivity contribution in [1.82, 2.24) is 0 Å². The summed E-state index contributed by atoms with van der Waals surface area (Å²) in [6.45, 7) is 4.35. The quantitative estimate of drug-likeness (QED) is 0.899. The van der Waals surface area contributed by atoms with Crippen molar-refractivity contribution in [3.05, 3.63) is 59.6 Å². The van der Waals surface area contributed by atoms with E-state index in [-0.39, 0.29) is 6.04 Å². The highest BCUT2D eigenvalue weighted by Crippen LogP contribution is 2.25. The molecular weight excluding hydrogens is 310 g/mol. The molecule has 120 valence electrons. The van der Waals surface area contributed by atoms with E-state index in [2.05, 4.69) is 22.1 Å². The molecular formula is C18H20ClN3O. The first-order valence-corrected chi connectivity index (χ1v) is 8.16. The Bertz CT molecular complexity index is 675. The third-order valence-corrected chi connectivity index (χ3v) is 4.06. The molecule has 4 nitrogen and oxygen atoms in total. The summed E-state index contributed by atoms with van der Waals surface area (Å²) >= 11 is 6.30. The molecule has 0 amide bonds. The fourth-order valence-electron chi connectivity index (χ4n) is 2.58. The molecule has 1 atom stereocenters. The molecule has 23 heavy (non-hydrogen) atoms. The van der Waals surface area contributed by atoms with Crippen molar-refractivity contribution in [1.29, 1.82) is 0 Å². The first-order chi connectivity index (χ1) is 11.3. The lowest BCUT2D eigenvalue weighted by Gasteiger charge is -2.25. The lowest BCUT2D eigenvalue weighted by molar-refractivity contribution is 0.316. The molecule has 2 aromatic carbocycles. The Kier molecular flexibility index (Phi) is 5.03. The maximum Gasteiger partial charge on any atom is 0.289 e. The molecule has 3 rings (SSSR count). The highest BCUT2D eigenvalue weighted by atomic mass is 35.5. The van der Waals surface area contributed by atoms with Crippen molar-refractivity contribution in [2.45, 2.75) is 13.0 Å². The van der Waals surface area contributed by atoms with Gasteiger partial charge in [0.05, 0.1) is 10.7 Å². The Morgan fingerprint density at radius 3 is 2.65 bits per heavy atom. The van der Waals surface area contributed by atoms with Gasteiger partial charge in [-0.25, -0.2) is 4.99 Å². The van der Waals surface area contributed by atoms with Crippen LogP contribution in [-0.2, 0) is 4.74 Å². The second kappa shape index (κ2) is 7.38. The summed E-state index contributed by atoms with van der Waals surface area (Å²) in [4.78, 5) is 6.85. The van der Waals surface area contributed by atoms with Gasteiger partial charge in [-0.05, 0) is 31.2 Å². The number of aliphatic imine (C=N–C) groups is 1. The molecule has 0 unspecified atom stereocenters. The average Bonchev–Trinajstić information content (AvgIpc) is 3.01. The van der Waals surface area contributed by atoms with Crippen LogP contribution in [0.5, 0.6) is 0 Å². The van der Waals surface area contributed by atoms with Crippen molar-refractivity contribution in [3.63, 3.8) is 0 Å². The number of nitrogens with one attached hydrogen (secondary N) is 1. The minimum Gasteiger partial charge on any atom is -0.463 e. The van der Waals surface area contributed by atoms with Gasteiger partial charge in [-0.15, -0.1) is 0 Å². The number of ether oxygens (including phenoxy) is 1. The molecule has 0 aromatic heterocycles. The summed E-state index contributed by atoms with van der Waals surface area (Å²) in [7, 11) is 0. The van der Waals surface area contributed by atoms with Gasteiger partial charge in [0.2, 0.25) is 0 Å². The number of amidine groups is 1. The average molecular weight is 330 g/mol. The first-order valence-electron chi connectivity index (χ1n) is 7.78. The third kappa shape index (κ3) is 3.96. The van der Waals surface area contributed by atoms with Crippen LogP contribution < -0.4 is 10.2 Å². The molecule has 5 heteroatoms. The van der Waals surface area contributed by atoms with Gasteiger partial charge in [0.25, 0.3) is 6.02 Å². The number of anilines is 2. The van der Waals surface area contributed by atoms with E-state index >= 15 is 0 Å². The topological polar surface area (TPSA) is 36.9 Å². The normalized spacial score (nSPS) is 16.6. The lowest BCUT2D eigenvalue weighted by atomic mass is 10.2. The van der Waals surface area contributed by atoms with E-state index in [1.54, 1.807) is 0 Å². The lowest BCUT2D eigenvalue weighted by Crippen LogP contribution is -2.32. The van der Waals surface area contributed by atoms with Crippen LogP contribution in [-0.4, -0.2) is 31.8 Å². The van der Waals surface area contributed by atoms with E-state index < -0.39 is 0 Å². The van der Waals surface area contributed by atoms with Gasteiger partial charge in [-0.1, -0.05) is 41.9 Å². The maximum atomic E-state index is 6.30. The Balaban J connectivity index is 1.65. The van der Waals surface area contributed by atoms with Gasteiger partial charge in [-0.3, -0.25) is 0 Å². The molecule has 0 aliphatic carbocycles. The molecule has 1 aliphatic rings. The number of nitrogens with zero attached hydrogens (tertiary/aromatic N) is 2. The molecule has 2 aromatic rings. The molecule has 1 aliphatic heterocycles. The number of hydrogen-bond acceptors (Lipinski definition) is 4. The van der Waals surface area contributed by atoms with E-state index in [0.717, 1.165) is 29.5 Å². The van der Waals surface area contributed by atoms with Crippen molar-refractivity contribution < 1.29 is 4.74 Å². The van der Waals surface area contributed by atoms with E-state index in [1.807, 2.05) is 54.6 Å². The highest BCUT2D eigenvalue weighted by molar-refractivity contribution is 6.33. The fraction of sp³-hybridized carbons (Fsp3) is 0.278. The van der Waals surface area contributed by atoms with Crippen molar-refractivity contribution >= 4 is 29.0 Å². The zero-order valence-electron chi connectivity index (χ0n) is 13.1. The SMILES string of the molecule is CCN(C[C@H]1COC(Nc2ccccc2)=N1)c1ccccc1Cl. The van der Waals surface area contributed by atoms with Crippen LogP contribution in [0, 0.1) is 0 Å². The molecule has 0 bridgehead atoms. The number of hydrogen-bond donors (Lipinski definition) is 1. The molecule has 0 saturated heterocycles. The van der Waals surface area contributed by atoms with Crippen molar-refractivity contribution in [3.8, 4) is 0 Å². The third-order valence-electron chi connectivity index (χ3n) is 3.74. The van der Waals surface area contributed by atoms with Crippen LogP contribution in [0.1, 0.15) is 6.92 Å². The summed E-state index contributed by atoms with van der Waals surface area (Å²) in [5.41, 5.74) is 2.02. The minimum atomic E-state index is 0.0948. The highest BCUT2D eigenvalue weighted by Gasteiger charge is 2.22. The van der Waals surface area contributed by atoms with Gasteiger partial charge in [0, 0.05) is 18.8 Å². The van der Waals surface area contributed by atoms with E-state index in [9.17, 15) is 0 Å². The van der Waals surface area contributed by atoms with E-state index in [1.165, 1.54) is 0 Å². The summed E-state index contributed by atoms with van der Waals surface area (Å²) < 4.78 is 5.66. The number of rotatable bonds is 5. The van der Waals surface area contributed by atoms with Crippen LogP contribution in [0.25, 0.3) is 0 Å². The van der Waals surface area contributed by atoms with E-state index in [0.29, 0.717) is 12.6 Å². The van der Waals surface area contributed by atoms with Crippen LogP contribution in [0.4, 0.5) is 11.4 Å². The standard InChI is InChI=1S/C18H20ClN3O/c1-2-22(17-11-7-6-10-16(17)19)12-15-13-23-18(21-15)20-14-8-4-3-5-9-14/h3-11,15H,2,12-13H2,1H3,(H,20,21)/t15-/m0/s1. The Labute approximate surface area is 141 Å².